The number of ether oxygens (including phenoxy) is 1. The van der Waals surface area contributed by atoms with Gasteiger partial charge in [0.05, 0.1) is 17.3 Å². The van der Waals surface area contributed by atoms with Gasteiger partial charge in [0.15, 0.2) is 0 Å². The van der Waals surface area contributed by atoms with Crippen molar-refractivity contribution < 1.29 is 14.6 Å². The molecule has 118 valence electrons. The normalized spacial score (nSPS) is 11.4. The van der Waals surface area contributed by atoms with Gasteiger partial charge in [-0.05, 0) is 23.1 Å². The van der Waals surface area contributed by atoms with Crippen LogP contribution in [0.15, 0.2) is 29.6 Å². The Balaban J connectivity index is 1.83. The maximum absolute atomic E-state index is 10.5. The molecule has 0 fully saturated rings. The Kier molecular flexibility index (Phi) is 5.19. The van der Waals surface area contributed by atoms with Gasteiger partial charge in [0.25, 0.3) is 0 Å². The van der Waals surface area contributed by atoms with Gasteiger partial charge in [-0.1, -0.05) is 32.9 Å². The van der Waals surface area contributed by atoms with Crippen molar-refractivity contribution in [3.8, 4) is 5.75 Å². The van der Waals surface area contributed by atoms with Gasteiger partial charge >= 0.3 is 0 Å². The number of carboxylic acid groups (broad SMARTS) is 1. The van der Waals surface area contributed by atoms with Gasteiger partial charge in [-0.25, -0.2) is 4.98 Å². The number of rotatable bonds is 6. The summed E-state index contributed by atoms with van der Waals surface area (Å²) < 4.78 is 5.71. The zero-order chi connectivity index (χ0) is 16.2. The lowest BCUT2D eigenvalue weighted by molar-refractivity contribution is -0.304. The molecule has 4 nitrogen and oxygen atoms in total. The number of hydrogen-bond acceptors (Lipinski definition) is 5. The highest BCUT2D eigenvalue weighted by Crippen LogP contribution is 2.24. The van der Waals surface area contributed by atoms with Gasteiger partial charge in [0, 0.05) is 24.2 Å². The molecule has 22 heavy (non-hydrogen) atoms. The molecular formula is C17H20NO3S-. The van der Waals surface area contributed by atoms with Crippen LogP contribution in [0, 0.1) is 0 Å². The monoisotopic (exact) mass is 318 g/mol. The molecule has 1 aromatic carbocycles. The first-order valence-electron chi connectivity index (χ1n) is 7.21. The third-order valence-electron chi connectivity index (χ3n) is 3.23. The minimum Gasteiger partial charge on any atom is -0.550 e. The van der Waals surface area contributed by atoms with Crippen LogP contribution in [0.25, 0.3) is 0 Å². The fourth-order valence-corrected chi connectivity index (χ4v) is 2.78. The van der Waals surface area contributed by atoms with Crippen molar-refractivity contribution in [2.45, 2.75) is 39.0 Å². The van der Waals surface area contributed by atoms with Gasteiger partial charge in [0.1, 0.15) is 5.75 Å². The summed E-state index contributed by atoms with van der Waals surface area (Å²) in [6.07, 6.45) is 0.532. The first-order valence-corrected chi connectivity index (χ1v) is 8.09. The van der Waals surface area contributed by atoms with E-state index in [-0.39, 0.29) is 11.8 Å². The van der Waals surface area contributed by atoms with Crippen LogP contribution in [0.3, 0.4) is 0 Å². The van der Waals surface area contributed by atoms with Gasteiger partial charge in [-0.2, -0.15) is 0 Å². The summed E-state index contributed by atoms with van der Waals surface area (Å²) >= 11 is 1.45. The van der Waals surface area contributed by atoms with Crippen molar-refractivity contribution in [1.29, 1.82) is 0 Å². The minimum atomic E-state index is -1.10. The van der Waals surface area contributed by atoms with E-state index in [1.54, 1.807) is 5.38 Å². The maximum Gasteiger partial charge on any atom is 0.119 e. The van der Waals surface area contributed by atoms with E-state index in [9.17, 15) is 9.90 Å². The molecule has 0 amide bonds. The number of benzene rings is 1. The highest BCUT2D eigenvalue weighted by molar-refractivity contribution is 7.09. The topological polar surface area (TPSA) is 62.2 Å². The van der Waals surface area contributed by atoms with Crippen molar-refractivity contribution in [3.63, 3.8) is 0 Å². The molecule has 0 radical (unpaired) electrons. The highest BCUT2D eigenvalue weighted by atomic mass is 32.1. The summed E-state index contributed by atoms with van der Waals surface area (Å²) in [7, 11) is 0. The predicted molar refractivity (Wildman–Crippen MR) is 85.2 cm³/mol. The second-order valence-electron chi connectivity index (χ2n) is 6.15. The fraction of sp³-hybridized carbons (Fsp3) is 0.412. The number of hydrogen-bond donors (Lipinski definition) is 0. The molecule has 0 aliphatic heterocycles. The van der Waals surface area contributed by atoms with Gasteiger partial charge in [-0.15, -0.1) is 11.3 Å². The summed E-state index contributed by atoms with van der Waals surface area (Å²) in [5.74, 6) is -0.272. The smallest absolute Gasteiger partial charge is 0.119 e. The Labute approximate surface area is 134 Å². The summed E-state index contributed by atoms with van der Waals surface area (Å²) in [4.78, 5) is 14.7. The zero-order valence-corrected chi connectivity index (χ0v) is 13.9. The predicted octanol–water partition coefficient (Wildman–Crippen LogP) is 2.35. The lowest BCUT2D eigenvalue weighted by Crippen LogP contribution is -2.24. The van der Waals surface area contributed by atoms with Gasteiger partial charge < -0.3 is 14.6 Å². The molecule has 0 aliphatic carbocycles. The molecule has 0 spiro atoms. The number of nitrogens with zero attached hydrogens (tertiary/aromatic N) is 1. The average Bonchev–Trinajstić information content (AvgIpc) is 2.85. The minimum absolute atomic E-state index is 0.133. The molecule has 0 bridgehead atoms. The highest BCUT2D eigenvalue weighted by Gasteiger charge is 2.12. The van der Waals surface area contributed by atoms with E-state index in [4.69, 9.17) is 4.74 Å². The van der Waals surface area contributed by atoms with E-state index >= 15 is 0 Å². The Hall–Kier alpha value is -1.88. The summed E-state index contributed by atoms with van der Waals surface area (Å²) in [6.45, 7) is 7.05. The number of thiazole rings is 1. The van der Waals surface area contributed by atoms with Crippen LogP contribution in [0.2, 0.25) is 0 Å². The van der Waals surface area contributed by atoms with Crippen molar-refractivity contribution in [2.75, 3.05) is 6.61 Å². The number of carbonyl (C=O) groups excluding carboxylic acids is 1. The number of carbonyl (C=O) groups is 1. The number of carboxylic acids is 1. The first-order chi connectivity index (χ1) is 10.3. The third-order valence-corrected chi connectivity index (χ3v) is 4.19. The molecule has 0 N–H and O–H groups in total. The van der Waals surface area contributed by atoms with E-state index < -0.39 is 5.97 Å². The fourth-order valence-electron chi connectivity index (χ4n) is 2.00. The second kappa shape index (κ2) is 6.92. The SMILES string of the molecule is CC(C)(C)c1ccc(OCCc2nc(CC(=O)[O-])cs2)cc1. The average molecular weight is 318 g/mol. The molecule has 1 heterocycles. The molecule has 2 aromatic rings. The molecule has 2 rings (SSSR count). The van der Waals surface area contributed by atoms with Crippen LogP contribution in [0.5, 0.6) is 5.75 Å². The largest absolute Gasteiger partial charge is 0.550 e. The van der Waals surface area contributed by atoms with Crippen molar-refractivity contribution in [2.24, 2.45) is 0 Å². The molecule has 1 aromatic heterocycles. The van der Waals surface area contributed by atoms with Crippen molar-refractivity contribution in [3.05, 3.63) is 45.9 Å². The van der Waals surface area contributed by atoms with Crippen LogP contribution in [0.4, 0.5) is 0 Å². The Morgan fingerprint density at radius 1 is 1.27 bits per heavy atom. The van der Waals surface area contributed by atoms with Crippen molar-refractivity contribution in [1.82, 2.24) is 4.98 Å². The van der Waals surface area contributed by atoms with Gasteiger partial charge in [-0.3, -0.25) is 0 Å². The second-order valence-corrected chi connectivity index (χ2v) is 7.10. The molecule has 0 saturated heterocycles. The molecule has 0 aliphatic rings. The summed E-state index contributed by atoms with van der Waals surface area (Å²) in [6, 6.07) is 8.11. The third kappa shape index (κ3) is 4.84. The molecule has 5 heteroatoms. The van der Waals surface area contributed by atoms with Gasteiger partial charge in [0.2, 0.25) is 0 Å². The van der Waals surface area contributed by atoms with Crippen LogP contribution in [0.1, 0.15) is 37.0 Å². The molecule has 0 unspecified atom stereocenters. The van der Waals surface area contributed by atoms with E-state index in [0.29, 0.717) is 18.7 Å². The lowest BCUT2D eigenvalue weighted by atomic mass is 9.87. The van der Waals surface area contributed by atoms with E-state index in [1.165, 1.54) is 16.9 Å². The first kappa shape index (κ1) is 16.5. The van der Waals surface area contributed by atoms with Crippen LogP contribution in [-0.2, 0) is 23.1 Å². The summed E-state index contributed by atoms with van der Waals surface area (Å²) in [5.41, 5.74) is 1.95. The zero-order valence-electron chi connectivity index (χ0n) is 13.1. The van der Waals surface area contributed by atoms with Crippen LogP contribution in [-0.4, -0.2) is 17.6 Å². The number of aliphatic carboxylic acids is 1. The Bertz CT molecular complexity index is 626. The molecule has 0 saturated carbocycles. The quantitative estimate of drug-likeness (QED) is 0.820. The van der Waals surface area contributed by atoms with E-state index in [2.05, 4.69) is 37.9 Å². The Morgan fingerprint density at radius 2 is 1.95 bits per heavy atom. The van der Waals surface area contributed by atoms with Crippen LogP contribution < -0.4 is 9.84 Å². The van der Waals surface area contributed by atoms with Crippen LogP contribution >= 0.6 is 11.3 Å². The van der Waals surface area contributed by atoms with E-state index in [1.807, 2.05) is 12.1 Å². The lowest BCUT2D eigenvalue weighted by Gasteiger charge is -2.19. The Morgan fingerprint density at radius 3 is 2.55 bits per heavy atom. The summed E-state index contributed by atoms with van der Waals surface area (Å²) in [5, 5.41) is 13.1. The molecule has 0 atom stereocenters. The van der Waals surface area contributed by atoms with Crippen molar-refractivity contribution >= 4 is 17.3 Å². The standard InChI is InChI=1S/C17H21NO3S/c1-17(2,3)12-4-6-14(7-5-12)21-9-8-15-18-13(11-22-15)10-16(19)20/h4-7,11H,8-10H2,1-3H3,(H,19,20)/p-1. The van der Waals surface area contributed by atoms with E-state index in [0.717, 1.165) is 10.8 Å². The maximum atomic E-state index is 10.5. The number of aromatic nitrogens is 1. The molecular weight excluding hydrogens is 298 g/mol.